The molecule has 2 aromatic heterocycles. The molecule has 1 aromatic carbocycles. The van der Waals surface area contributed by atoms with Crippen LogP contribution in [-0.2, 0) is 0 Å². The van der Waals surface area contributed by atoms with Crippen molar-refractivity contribution in [3.8, 4) is 11.3 Å². The molecule has 4 rings (SSSR count). The molecule has 36 heavy (non-hydrogen) atoms. The van der Waals surface area contributed by atoms with Crippen molar-refractivity contribution in [2.75, 3.05) is 29.0 Å². The van der Waals surface area contributed by atoms with Gasteiger partial charge in [-0.25, -0.2) is 9.37 Å². The SMILES string of the molecule is CC(C)NC(=O)c1ccc(F)c(-c2ccc(N)c(C(=O)Nc3cnccc3N3CCC[C@H](N)C3)n2)c1. The molecule has 0 bridgehead atoms. The highest BCUT2D eigenvalue weighted by molar-refractivity contribution is 6.08. The number of carbonyl (C=O) groups excluding carboxylic acids is 2. The molecule has 1 aliphatic rings. The van der Waals surface area contributed by atoms with Crippen molar-refractivity contribution >= 4 is 28.9 Å². The standard InChI is InChI=1S/C26H30FN7O2/c1-15(2)31-25(35)16-5-6-19(27)18(12-16)21-8-7-20(29)24(32-21)26(36)33-22-13-30-10-9-23(22)34-11-3-4-17(28)14-34/h5-10,12-13,15,17H,3-4,11,14,28-29H2,1-2H3,(H,31,35)(H,33,36)/t17-/m0/s1. The summed E-state index contributed by atoms with van der Waals surface area (Å²) in [6, 6.07) is 8.82. The van der Waals surface area contributed by atoms with Gasteiger partial charge >= 0.3 is 0 Å². The molecular formula is C26H30FN7O2. The molecule has 9 nitrogen and oxygen atoms in total. The molecule has 3 aromatic rings. The quantitative estimate of drug-likeness (QED) is 0.415. The first-order valence-corrected chi connectivity index (χ1v) is 11.9. The first-order valence-electron chi connectivity index (χ1n) is 11.9. The van der Waals surface area contributed by atoms with Crippen LogP contribution < -0.4 is 27.0 Å². The molecule has 0 unspecified atom stereocenters. The van der Waals surface area contributed by atoms with Crippen LogP contribution in [0, 0.1) is 5.82 Å². The number of nitrogen functional groups attached to an aromatic ring is 1. The Hall–Kier alpha value is -4.05. The summed E-state index contributed by atoms with van der Waals surface area (Å²) in [6.45, 7) is 5.16. The minimum Gasteiger partial charge on any atom is -0.397 e. The fourth-order valence-corrected chi connectivity index (χ4v) is 4.18. The monoisotopic (exact) mass is 491 g/mol. The van der Waals surface area contributed by atoms with Crippen molar-refractivity contribution in [1.29, 1.82) is 0 Å². The molecule has 0 spiro atoms. The summed E-state index contributed by atoms with van der Waals surface area (Å²) in [5, 5.41) is 5.61. The third-order valence-corrected chi connectivity index (χ3v) is 5.91. The molecule has 2 amide bonds. The van der Waals surface area contributed by atoms with Crippen molar-refractivity contribution in [2.24, 2.45) is 5.73 Å². The Balaban J connectivity index is 1.62. The van der Waals surface area contributed by atoms with Crippen LogP contribution >= 0.6 is 0 Å². The molecule has 1 atom stereocenters. The molecule has 6 N–H and O–H groups in total. The number of nitrogens with two attached hydrogens (primary N) is 2. The normalized spacial score (nSPS) is 15.6. The van der Waals surface area contributed by atoms with Crippen LogP contribution in [-0.4, -0.2) is 47.0 Å². The third kappa shape index (κ3) is 5.60. The van der Waals surface area contributed by atoms with Gasteiger partial charge in [0.05, 0.1) is 29.0 Å². The highest BCUT2D eigenvalue weighted by Crippen LogP contribution is 2.29. The predicted molar refractivity (Wildman–Crippen MR) is 138 cm³/mol. The number of hydrogen-bond acceptors (Lipinski definition) is 7. The fraction of sp³-hybridized carbons (Fsp3) is 0.308. The molecule has 0 radical (unpaired) electrons. The second-order valence-corrected chi connectivity index (χ2v) is 9.15. The van der Waals surface area contributed by atoms with Gasteiger partial charge in [-0.1, -0.05) is 0 Å². The molecule has 10 heteroatoms. The Morgan fingerprint density at radius 1 is 1.17 bits per heavy atom. The number of pyridine rings is 2. The molecule has 0 saturated carbocycles. The molecule has 188 valence electrons. The second kappa shape index (κ2) is 10.7. The van der Waals surface area contributed by atoms with Crippen LogP contribution in [0.15, 0.2) is 48.8 Å². The molecule has 1 aliphatic heterocycles. The number of halogens is 1. The largest absolute Gasteiger partial charge is 0.397 e. The van der Waals surface area contributed by atoms with Crippen LogP contribution in [0.3, 0.4) is 0 Å². The van der Waals surface area contributed by atoms with E-state index in [1.54, 1.807) is 12.4 Å². The van der Waals surface area contributed by atoms with Gasteiger partial charge in [0.2, 0.25) is 0 Å². The number of nitrogens with one attached hydrogen (secondary N) is 2. The number of piperidine rings is 1. The minimum atomic E-state index is -0.573. The van der Waals surface area contributed by atoms with E-state index in [0.29, 0.717) is 12.2 Å². The lowest BCUT2D eigenvalue weighted by molar-refractivity contribution is 0.0942. The van der Waals surface area contributed by atoms with Gasteiger partial charge in [-0.2, -0.15) is 0 Å². The summed E-state index contributed by atoms with van der Waals surface area (Å²) in [7, 11) is 0. The van der Waals surface area contributed by atoms with Gasteiger partial charge in [0, 0.05) is 42.5 Å². The average molecular weight is 492 g/mol. The summed E-state index contributed by atoms with van der Waals surface area (Å²) in [6.07, 6.45) is 5.12. The van der Waals surface area contributed by atoms with E-state index in [0.717, 1.165) is 25.1 Å². The summed E-state index contributed by atoms with van der Waals surface area (Å²) in [5.41, 5.74) is 14.1. The second-order valence-electron chi connectivity index (χ2n) is 9.15. The third-order valence-electron chi connectivity index (χ3n) is 5.91. The van der Waals surface area contributed by atoms with E-state index in [-0.39, 0.29) is 46.2 Å². The lowest BCUT2D eigenvalue weighted by atomic mass is 10.0. The van der Waals surface area contributed by atoms with E-state index in [1.165, 1.54) is 30.3 Å². The molecular weight excluding hydrogens is 461 g/mol. The minimum absolute atomic E-state index is 0.0535. The van der Waals surface area contributed by atoms with Crippen molar-refractivity contribution in [1.82, 2.24) is 15.3 Å². The summed E-state index contributed by atoms with van der Waals surface area (Å²) >= 11 is 0. The van der Waals surface area contributed by atoms with Gasteiger partial charge in [0.1, 0.15) is 5.82 Å². The van der Waals surface area contributed by atoms with Gasteiger partial charge in [0.25, 0.3) is 11.8 Å². The van der Waals surface area contributed by atoms with E-state index in [4.69, 9.17) is 11.5 Å². The lowest BCUT2D eigenvalue weighted by Crippen LogP contribution is -2.43. The highest BCUT2D eigenvalue weighted by Gasteiger charge is 2.22. The summed E-state index contributed by atoms with van der Waals surface area (Å²) < 4.78 is 14.7. The Bertz CT molecular complexity index is 1280. The summed E-state index contributed by atoms with van der Waals surface area (Å²) in [5.74, 6) is -1.46. The number of aromatic nitrogens is 2. The van der Waals surface area contributed by atoms with Crippen LogP contribution in [0.5, 0.6) is 0 Å². The number of amides is 2. The van der Waals surface area contributed by atoms with Gasteiger partial charge < -0.3 is 27.0 Å². The van der Waals surface area contributed by atoms with Crippen molar-refractivity contribution in [3.63, 3.8) is 0 Å². The predicted octanol–water partition coefficient (Wildman–Crippen LogP) is 3.18. The van der Waals surface area contributed by atoms with Crippen LogP contribution in [0.1, 0.15) is 47.5 Å². The van der Waals surface area contributed by atoms with Crippen molar-refractivity contribution in [3.05, 3.63) is 65.9 Å². The Morgan fingerprint density at radius 3 is 2.72 bits per heavy atom. The summed E-state index contributed by atoms with van der Waals surface area (Å²) in [4.78, 5) is 36.2. The zero-order valence-electron chi connectivity index (χ0n) is 20.3. The zero-order valence-corrected chi connectivity index (χ0v) is 20.3. The topological polar surface area (TPSA) is 139 Å². The van der Waals surface area contributed by atoms with E-state index in [2.05, 4.69) is 25.5 Å². The maximum absolute atomic E-state index is 14.7. The number of benzene rings is 1. The molecule has 1 fully saturated rings. The first kappa shape index (κ1) is 25.1. The van der Waals surface area contributed by atoms with E-state index >= 15 is 0 Å². The van der Waals surface area contributed by atoms with Crippen molar-refractivity contribution in [2.45, 2.75) is 38.8 Å². The first-order chi connectivity index (χ1) is 17.2. The molecule has 1 saturated heterocycles. The maximum atomic E-state index is 14.7. The van der Waals surface area contributed by atoms with Gasteiger partial charge in [-0.15, -0.1) is 0 Å². The Morgan fingerprint density at radius 2 is 1.97 bits per heavy atom. The smallest absolute Gasteiger partial charge is 0.276 e. The lowest BCUT2D eigenvalue weighted by Gasteiger charge is -2.33. The van der Waals surface area contributed by atoms with Gasteiger partial charge in [-0.05, 0) is 63.1 Å². The number of rotatable bonds is 6. The van der Waals surface area contributed by atoms with Crippen LogP contribution in [0.25, 0.3) is 11.3 Å². The molecule has 3 heterocycles. The van der Waals surface area contributed by atoms with Gasteiger partial charge in [0.15, 0.2) is 5.69 Å². The zero-order chi connectivity index (χ0) is 25.8. The van der Waals surface area contributed by atoms with Crippen LogP contribution in [0.2, 0.25) is 0 Å². The number of hydrogen-bond donors (Lipinski definition) is 4. The highest BCUT2D eigenvalue weighted by atomic mass is 19.1. The number of anilines is 3. The van der Waals surface area contributed by atoms with E-state index < -0.39 is 11.7 Å². The fourth-order valence-electron chi connectivity index (χ4n) is 4.18. The maximum Gasteiger partial charge on any atom is 0.276 e. The molecule has 0 aliphatic carbocycles. The number of nitrogens with zero attached hydrogens (tertiary/aromatic N) is 3. The number of carbonyl (C=O) groups is 2. The van der Waals surface area contributed by atoms with Crippen molar-refractivity contribution < 1.29 is 14.0 Å². The van der Waals surface area contributed by atoms with E-state index in [1.807, 2.05) is 19.9 Å². The average Bonchev–Trinajstić information content (AvgIpc) is 2.84. The van der Waals surface area contributed by atoms with Crippen LogP contribution in [0.4, 0.5) is 21.5 Å². The van der Waals surface area contributed by atoms with Gasteiger partial charge in [-0.3, -0.25) is 14.6 Å². The van der Waals surface area contributed by atoms with E-state index in [9.17, 15) is 14.0 Å². The Labute approximate surface area is 209 Å². The Kier molecular flexibility index (Phi) is 7.44.